The van der Waals surface area contributed by atoms with Gasteiger partial charge in [-0.1, -0.05) is 27.7 Å². The molecule has 0 aromatic heterocycles. The van der Waals surface area contributed by atoms with Crippen LogP contribution in [0.1, 0.15) is 66.2 Å². The number of hydrogen-bond acceptors (Lipinski definition) is 2. The van der Waals surface area contributed by atoms with Crippen molar-refractivity contribution in [3.05, 3.63) is 0 Å². The van der Waals surface area contributed by atoms with Crippen molar-refractivity contribution in [3.8, 4) is 0 Å². The molecule has 2 nitrogen and oxygen atoms in total. The van der Waals surface area contributed by atoms with Gasteiger partial charge in [-0.15, -0.1) is 0 Å². The second-order valence-corrected chi connectivity index (χ2v) is 7.03. The van der Waals surface area contributed by atoms with E-state index in [0.717, 1.165) is 11.8 Å². The second kappa shape index (κ2) is 6.13. The minimum Gasteiger partial charge on any atom is -0.374 e. The van der Waals surface area contributed by atoms with Crippen LogP contribution in [0.15, 0.2) is 0 Å². The first-order valence-electron chi connectivity index (χ1n) is 8.40. The van der Waals surface area contributed by atoms with Gasteiger partial charge >= 0.3 is 0 Å². The Balaban J connectivity index is 1.93. The Morgan fingerprint density at radius 3 is 2.26 bits per heavy atom. The normalized spacial score (nSPS) is 41.8. The topological polar surface area (TPSA) is 21.3 Å². The molecule has 112 valence electrons. The molecule has 2 aliphatic carbocycles. The molecule has 0 heterocycles. The van der Waals surface area contributed by atoms with Crippen LogP contribution in [0.4, 0.5) is 0 Å². The van der Waals surface area contributed by atoms with Crippen molar-refractivity contribution in [2.45, 2.75) is 84.5 Å². The third kappa shape index (κ3) is 2.71. The van der Waals surface area contributed by atoms with Crippen molar-refractivity contribution >= 4 is 0 Å². The molecule has 0 spiro atoms. The maximum Gasteiger partial charge on any atom is 0.0664 e. The highest BCUT2D eigenvalue weighted by Crippen LogP contribution is 2.50. The van der Waals surface area contributed by atoms with Crippen LogP contribution in [-0.4, -0.2) is 25.3 Å². The maximum absolute atomic E-state index is 6.54. The fraction of sp³-hybridized carbons (Fsp3) is 1.00. The van der Waals surface area contributed by atoms with Gasteiger partial charge in [0.1, 0.15) is 0 Å². The van der Waals surface area contributed by atoms with E-state index >= 15 is 0 Å². The highest BCUT2D eigenvalue weighted by Gasteiger charge is 2.53. The molecule has 2 rings (SSSR count). The van der Waals surface area contributed by atoms with E-state index in [-0.39, 0.29) is 0 Å². The Morgan fingerprint density at radius 2 is 1.74 bits per heavy atom. The summed E-state index contributed by atoms with van der Waals surface area (Å²) in [5.41, 5.74) is 0.390. The van der Waals surface area contributed by atoms with Gasteiger partial charge in [-0.25, -0.2) is 0 Å². The zero-order valence-electron chi connectivity index (χ0n) is 13.5. The monoisotopic (exact) mass is 267 g/mol. The van der Waals surface area contributed by atoms with Gasteiger partial charge in [0.2, 0.25) is 0 Å². The summed E-state index contributed by atoms with van der Waals surface area (Å²) >= 11 is 0. The van der Waals surface area contributed by atoms with Crippen molar-refractivity contribution < 1.29 is 4.74 Å². The van der Waals surface area contributed by atoms with Gasteiger partial charge in [0.25, 0.3) is 0 Å². The van der Waals surface area contributed by atoms with Crippen LogP contribution in [0.3, 0.4) is 0 Å². The molecule has 0 amide bonds. The number of nitrogens with one attached hydrogen (secondary N) is 1. The van der Waals surface area contributed by atoms with Crippen LogP contribution in [0.25, 0.3) is 0 Å². The van der Waals surface area contributed by atoms with Gasteiger partial charge in [-0.2, -0.15) is 0 Å². The van der Waals surface area contributed by atoms with E-state index in [1.165, 1.54) is 38.5 Å². The van der Waals surface area contributed by atoms with E-state index in [2.05, 4.69) is 40.1 Å². The van der Waals surface area contributed by atoms with Gasteiger partial charge in [0.15, 0.2) is 0 Å². The molecule has 5 unspecified atom stereocenters. The van der Waals surface area contributed by atoms with Crippen molar-refractivity contribution in [2.75, 3.05) is 7.05 Å². The van der Waals surface area contributed by atoms with Crippen molar-refractivity contribution in [3.63, 3.8) is 0 Å². The zero-order valence-corrected chi connectivity index (χ0v) is 13.5. The summed E-state index contributed by atoms with van der Waals surface area (Å²) in [6, 6.07) is 0.660. The molecule has 2 aliphatic rings. The molecule has 1 N–H and O–H groups in total. The van der Waals surface area contributed by atoms with E-state index < -0.39 is 0 Å². The predicted octanol–water partition coefficient (Wildman–Crippen LogP) is 3.99. The van der Waals surface area contributed by atoms with Gasteiger partial charge in [-0.05, 0) is 57.4 Å². The molecule has 0 radical (unpaired) electrons. The second-order valence-electron chi connectivity index (χ2n) is 7.03. The molecule has 0 aromatic rings. The lowest BCUT2D eigenvalue weighted by atomic mass is 9.58. The van der Waals surface area contributed by atoms with Crippen LogP contribution in [-0.2, 0) is 4.74 Å². The van der Waals surface area contributed by atoms with Crippen LogP contribution in [0.5, 0.6) is 0 Å². The van der Waals surface area contributed by atoms with E-state index in [9.17, 15) is 0 Å². The highest BCUT2D eigenvalue weighted by molar-refractivity contribution is 5.06. The Morgan fingerprint density at radius 1 is 1.05 bits per heavy atom. The van der Waals surface area contributed by atoms with Crippen LogP contribution in [0.2, 0.25) is 0 Å². The van der Waals surface area contributed by atoms with E-state index in [1.54, 1.807) is 0 Å². The molecule has 2 heteroatoms. The molecule has 0 saturated heterocycles. The molecular formula is C17H33NO. The largest absolute Gasteiger partial charge is 0.374 e. The van der Waals surface area contributed by atoms with E-state index in [4.69, 9.17) is 4.74 Å². The van der Waals surface area contributed by atoms with Crippen LogP contribution >= 0.6 is 0 Å². The first kappa shape index (κ1) is 15.3. The number of rotatable bonds is 5. The smallest absolute Gasteiger partial charge is 0.0664 e. The van der Waals surface area contributed by atoms with Gasteiger partial charge in [-0.3, -0.25) is 0 Å². The molecule has 5 atom stereocenters. The zero-order chi connectivity index (χ0) is 14.0. The van der Waals surface area contributed by atoms with Crippen molar-refractivity contribution in [1.29, 1.82) is 0 Å². The van der Waals surface area contributed by atoms with Gasteiger partial charge in [0.05, 0.1) is 12.2 Å². The summed E-state index contributed by atoms with van der Waals surface area (Å²) in [7, 11) is 2.10. The minimum absolute atomic E-state index is 0.390. The number of hydrogen-bond donors (Lipinski definition) is 1. The third-order valence-electron chi connectivity index (χ3n) is 6.36. The lowest BCUT2D eigenvalue weighted by Gasteiger charge is -2.56. The average molecular weight is 267 g/mol. The predicted molar refractivity (Wildman–Crippen MR) is 81.3 cm³/mol. The standard InChI is InChI=1S/C17H33NO/c1-6-17(7-2)15(18-5)11-16(17)19-14-9-8-12(3)13(4)10-14/h12-16,18H,6-11H2,1-5H3. The summed E-state index contributed by atoms with van der Waals surface area (Å²) < 4.78 is 6.54. The molecule has 2 saturated carbocycles. The SMILES string of the molecule is CCC1(CC)C(NC)CC1OC1CCC(C)C(C)C1. The van der Waals surface area contributed by atoms with Gasteiger partial charge in [0, 0.05) is 11.5 Å². The average Bonchev–Trinajstić information content (AvgIpc) is 2.40. The summed E-state index contributed by atoms with van der Waals surface area (Å²) in [6.45, 7) is 9.44. The van der Waals surface area contributed by atoms with Gasteiger partial charge < -0.3 is 10.1 Å². The molecule has 0 aromatic carbocycles. The quantitative estimate of drug-likeness (QED) is 0.813. The Labute approximate surface area is 119 Å². The molecule has 2 fully saturated rings. The molecule has 19 heavy (non-hydrogen) atoms. The lowest BCUT2D eigenvalue weighted by molar-refractivity contribution is -0.175. The minimum atomic E-state index is 0.390. The summed E-state index contributed by atoms with van der Waals surface area (Å²) in [5, 5.41) is 3.50. The lowest BCUT2D eigenvalue weighted by Crippen LogP contribution is -2.63. The Hall–Kier alpha value is -0.0800. The third-order valence-corrected chi connectivity index (χ3v) is 6.36. The Kier molecular flexibility index (Phi) is 4.94. The van der Waals surface area contributed by atoms with E-state index in [1.807, 2.05) is 0 Å². The summed E-state index contributed by atoms with van der Waals surface area (Å²) in [5.74, 6) is 1.71. The van der Waals surface area contributed by atoms with Crippen LogP contribution in [0, 0.1) is 17.3 Å². The molecule has 0 bridgehead atoms. The highest BCUT2D eigenvalue weighted by atomic mass is 16.5. The first-order valence-corrected chi connectivity index (χ1v) is 8.40. The van der Waals surface area contributed by atoms with Crippen molar-refractivity contribution in [1.82, 2.24) is 5.32 Å². The number of ether oxygens (including phenoxy) is 1. The van der Waals surface area contributed by atoms with Crippen LogP contribution < -0.4 is 5.32 Å². The maximum atomic E-state index is 6.54. The molecule has 0 aliphatic heterocycles. The fourth-order valence-corrected chi connectivity index (χ4v) is 4.40. The Bertz CT molecular complexity index is 287. The molecular weight excluding hydrogens is 234 g/mol. The summed E-state index contributed by atoms with van der Waals surface area (Å²) in [6.07, 6.45) is 8.58. The summed E-state index contributed by atoms with van der Waals surface area (Å²) in [4.78, 5) is 0. The first-order chi connectivity index (χ1) is 9.07. The fourth-order valence-electron chi connectivity index (χ4n) is 4.40. The van der Waals surface area contributed by atoms with Crippen molar-refractivity contribution in [2.24, 2.45) is 17.3 Å². The van der Waals surface area contributed by atoms with E-state index in [0.29, 0.717) is 23.7 Å².